The zero-order valence-corrected chi connectivity index (χ0v) is 14.4. The van der Waals surface area contributed by atoms with Crippen LogP contribution in [0.5, 0.6) is 11.5 Å². The summed E-state index contributed by atoms with van der Waals surface area (Å²) < 4.78 is 37.3. The third-order valence-corrected chi connectivity index (χ3v) is 4.75. The van der Waals surface area contributed by atoms with E-state index < -0.39 is 20.6 Å². The SMILES string of the molecule is C=Cc1ccc(S(=O)(=O)Nc2cc(OC)c(OC)cc2[N+](=O)[O-])cc1. The van der Waals surface area contributed by atoms with Crippen molar-refractivity contribution in [3.63, 3.8) is 0 Å². The number of nitro groups is 1. The standard InChI is InChI=1S/C16H16N2O6S/c1-4-11-5-7-12(8-6-11)25(21,22)17-13-9-15(23-2)16(24-3)10-14(13)18(19)20/h4-10,17H,1H2,2-3H3. The second-order valence-corrected chi connectivity index (χ2v) is 6.54. The smallest absolute Gasteiger partial charge is 0.297 e. The third kappa shape index (κ3) is 3.89. The van der Waals surface area contributed by atoms with Crippen molar-refractivity contribution in [2.45, 2.75) is 4.90 Å². The molecule has 0 amide bonds. The van der Waals surface area contributed by atoms with E-state index in [0.717, 1.165) is 11.6 Å². The lowest BCUT2D eigenvalue weighted by atomic mass is 10.2. The van der Waals surface area contributed by atoms with Gasteiger partial charge in [0, 0.05) is 6.07 Å². The average molecular weight is 364 g/mol. The molecular formula is C16H16N2O6S. The van der Waals surface area contributed by atoms with E-state index in [9.17, 15) is 18.5 Å². The first-order valence-corrected chi connectivity index (χ1v) is 8.46. The first-order chi connectivity index (χ1) is 11.8. The quantitative estimate of drug-likeness (QED) is 0.597. The average Bonchev–Trinajstić information content (AvgIpc) is 2.60. The molecule has 2 aromatic carbocycles. The highest BCUT2D eigenvalue weighted by atomic mass is 32.2. The van der Waals surface area contributed by atoms with Gasteiger partial charge in [-0.25, -0.2) is 8.42 Å². The highest BCUT2D eigenvalue weighted by Gasteiger charge is 2.24. The van der Waals surface area contributed by atoms with Crippen molar-refractivity contribution < 1.29 is 22.8 Å². The molecule has 2 aromatic rings. The van der Waals surface area contributed by atoms with Gasteiger partial charge in [0.2, 0.25) is 0 Å². The number of nitrogens with one attached hydrogen (secondary N) is 1. The fourth-order valence-electron chi connectivity index (χ4n) is 2.09. The van der Waals surface area contributed by atoms with Crippen molar-refractivity contribution in [1.29, 1.82) is 0 Å². The Balaban J connectivity index is 2.49. The Morgan fingerprint density at radius 3 is 2.16 bits per heavy atom. The number of sulfonamides is 1. The van der Waals surface area contributed by atoms with Crippen molar-refractivity contribution in [3.8, 4) is 11.5 Å². The Morgan fingerprint density at radius 2 is 1.68 bits per heavy atom. The lowest BCUT2D eigenvalue weighted by Crippen LogP contribution is -2.14. The van der Waals surface area contributed by atoms with Crippen LogP contribution in [0.2, 0.25) is 0 Å². The second-order valence-electron chi connectivity index (χ2n) is 4.86. The molecule has 132 valence electrons. The normalized spacial score (nSPS) is 10.8. The molecule has 1 N–H and O–H groups in total. The zero-order valence-electron chi connectivity index (χ0n) is 13.6. The highest BCUT2D eigenvalue weighted by molar-refractivity contribution is 7.92. The van der Waals surface area contributed by atoms with Crippen molar-refractivity contribution in [3.05, 3.63) is 58.7 Å². The molecule has 8 nitrogen and oxygen atoms in total. The molecule has 0 aromatic heterocycles. The first kappa shape index (κ1) is 18.3. The number of methoxy groups -OCH3 is 2. The summed E-state index contributed by atoms with van der Waals surface area (Å²) in [5.41, 5.74) is 0.0652. The molecule has 0 heterocycles. The van der Waals surface area contributed by atoms with Crippen LogP contribution in [0, 0.1) is 10.1 Å². The van der Waals surface area contributed by atoms with Gasteiger partial charge < -0.3 is 9.47 Å². The highest BCUT2D eigenvalue weighted by Crippen LogP contribution is 2.38. The molecule has 0 unspecified atom stereocenters. The number of hydrogen-bond acceptors (Lipinski definition) is 6. The molecular weight excluding hydrogens is 348 g/mol. The Morgan fingerprint density at radius 1 is 1.12 bits per heavy atom. The van der Waals surface area contributed by atoms with Crippen molar-refractivity contribution in [2.24, 2.45) is 0 Å². The van der Waals surface area contributed by atoms with Gasteiger partial charge in [0.25, 0.3) is 15.7 Å². The summed E-state index contributed by atoms with van der Waals surface area (Å²) in [6.45, 7) is 3.59. The van der Waals surface area contributed by atoms with Gasteiger partial charge >= 0.3 is 0 Å². The van der Waals surface area contributed by atoms with E-state index >= 15 is 0 Å². The van der Waals surface area contributed by atoms with E-state index in [2.05, 4.69) is 11.3 Å². The summed E-state index contributed by atoms with van der Waals surface area (Å²) in [5.74, 6) is 0.278. The van der Waals surface area contributed by atoms with E-state index in [1.54, 1.807) is 18.2 Å². The van der Waals surface area contributed by atoms with Gasteiger partial charge in [0.05, 0.1) is 30.1 Å². The van der Waals surface area contributed by atoms with E-state index in [1.165, 1.54) is 32.4 Å². The molecule has 25 heavy (non-hydrogen) atoms. The molecule has 0 saturated heterocycles. The maximum atomic E-state index is 12.5. The molecule has 0 saturated carbocycles. The van der Waals surface area contributed by atoms with E-state index in [4.69, 9.17) is 9.47 Å². The predicted octanol–water partition coefficient (Wildman–Crippen LogP) is 3.06. The Hall–Kier alpha value is -3.07. The van der Waals surface area contributed by atoms with Crippen LogP contribution in [0.1, 0.15) is 5.56 Å². The number of benzene rings is 2. The van der Waals surface area contributed by atoms with Crippen LogP contribution in [0.4, 0.5) is 11.4 Å². The maximum Gasteiger partial charge on any atom is 0.297 e. The zero-order chi connectivity index (χ0) is 18.6. The van der Waals surface area contributed by atoms with Gasteiger partial charge in [-0.2, -0.15) is 0 Å². The lowest BCUT2D eigenvalue weighted by molar-refractivity contribution is -0.384. The van der Waals surface area contributed by atoms with Crippen molar-refractivity contribution >= 4 is 27.5 Å². The molecule has 9 heteroatoms. The van der Waals surface area contributed by atoms with Crippen molar-refractivity contribution in [2.75, 3.05) is 18.9 Å². The summed E-state index contributed by atoms with van der Waals surface area (Å²) in [6.07, 6.45) is 1.57. The molecule has 0 aliphatic heterocycles. The second kappa shape index (κ2) is 7.22. The van der Waals surface area contributed by atoms with E-state index in [1.807, 2.05) is 0 Å². The molecule has 0 fully saturated rings. The van der Waals surface area contributed by atoms with Crippen LogP contribution >= 0.6 is 0 Å². The van der Waals surface area contributed by atoms with E-state index in [0.29, 0.717) is 0 Å². The maximum absolute atomic E-state index is 12.5. The predicted molar refractivity (Wildman–Crippen MR) is 93.5 cm³/mol. The molecule has 0 bridgehead atoms. The number of anilines is 1. The van der Waals surface area contributed by atoms with Crippen LogP contribution in [-0.2, 0) is 10.0 Å². The minimum atomic E-state index is -4.02. The number of nitrogens with zero attached hydrogens (tertiary/aromatic N) is 1. The van der Waals surface area contributed by atoms with Gasteiger partial charge in [-0.3, -0.25) is 14.8 Å². The van der Waals surface area contributed by atoms with Gasteiger partial charge in [-0.05, 0) is 17.7 Å². The van der Waals surface area contributed by atoms with E-state index in [-0.39, 0.29) is 22.1 Å². The fourth-order valence-corrected chi connectivity index (χ4v) is 3.15. The minimum Gasteiger partial charge on any atom is -0.493 e. The molecule has 0 aliphatic carbocycles. The van der Waals surface area contributed by atoms with Crippen LogP contribution in [0.25, 0.3) is 6.08 Å². The van der Waals surface area contributed by atoms with Crippen LogP contribution in [0.15, 0.2) is 47.9 Å². The number of nitro benzene ring substituents is 1. The molecule has 0 radical (unpaired) electrons. The van der Waals surface area contributed by atoms with Crippen molar-refractivity contribution in [1.82, 2.24) is 0 Å². The molecule has 0 aliphatic rings. The topological polar surface area (TPSA) is 108 Å². The Kier molecular flexibility index (Phi) is 5.28. The van der Waals surface area contributed by atoms with Gasteiger partial charge in [-0.15, -0.1) is 0 Å². The largest absolute Gasteiger partial charge is 0.493 e. The monoisotopic (exact) mass is 364 g/mol. The number of hydrogen-bond donors (Lipinski definition) is 1. The summed E-state index contributed by atoms with van der Waals surface area (Å²) >= 11 is 0. The fraction of sp³-hybridized carbons (Fsp3) is 0.125. The van der Waals surface area contributed by atoms with Gasteiger partial charge in [-0.1, -0.05) is 24.8 Å². The van der Waals surface area contributed by atoms with Gasteiger partial charge in [0.15, 0.2) is 11.5 Å². The number of rotatable bonds is 7. The molecule has 0 spiro atoms. The first-order valence-electron chi connectivity index (χ1n) is 6.98. The summed E-state index contributed by atoms with van der Waals surface area (Å²) in [7, 11) is -1.35. The number of ether oxygens (including phenoxy) is 2. The summed E-state index contributed by atoms with van der Waals surface area (Å²) in [5, 5.41) is 11.3. The van der Waals surface area contributed by atoms with Crippen LogP contribution < -0.4 is 14.2 Å². The van der Waals surface area contributed by atoms with Crippen LogP contribution in [0.3, 0.4) is 0 Å². The molecule has 2 rings (SSSR count). The minimum absolute atomic E-state index is 0.0396. The Labute approximate surface area is 144 Å². The third-order valence-electron chi connectivity index (χ3n) is 3.37. The summed E-state index contributed by atoms with van der Waals surface area (Å²) in [6, 6.07) is 8.21. The lowest BCUT2D eigenvalue weighted by Gasteiger charge is -2.12. The van der Waals surface area contributed by atoms with Gasteiger partial charge in [0.1, 0.15) is 5.69 Å². The molecule has 0 atom stereocenters. The summed E-state index contributed by atoms with van der Waals surface area (Å²) in [4.78, 5) is 10.5. The Bertz CT molecular complexity index is 907. The van der Waals surface area contributed by atoms with Crippen LogP contribution in [-0.4, -0.2) is 27.6 Å².